The van der Waals surface area contributed by atoms with E-state index in [2.05, 4.69) is 16.9 Å². The SMILES string of the molecule is COC(=O)C[N+](C)(C)Cc1ccccc1.[Cl-]. The number of esters is 1. The Labute approximate surface area is 103 Å². The molecule has 0 spiro atoms. The first kappa shape index (κ1) is 14.9. The molecule has 0 bridgehead atoms. The van der Waals surface area contributed by atoms with Crippen molar-refractivity contribution in [2.24, 2.45) is 0 Å². The summed E-state index contributed by atoms with van der Waals surface area (Å²) in [5.41, 5.74) is 1.23. The Hall–Kier alpha value is -1.06. The van der Waals surface area contributed by atoms with Crippen LogP contribution < -0.4 is 12.4 Å². The summed E-state index contributed by atoms with van der Waals surface area (Å²) < 4.78 is 5.28. The summed E-state index contributed by atoms with van der Waals surface area (Å²) in [6.45, 7) is 1.22. The van der Waals surface area contributed by atoms with E-state index in [-0.39, 0.29) is 18.4 Å². The quantitative estimate of drug-likeness (QED) is 0.472. The molecule has 16 heavy (non-hydrogen) atoms. The van der Waals surface area contributed by atoms with Crippen molar-refractivity contribution in [3.63, 3.8) is 0 Å². The van der Waals surface area contributed by atoms with Crippen molar-refractivity contribution in [1.82, 2.24) is 0 Å². The number of methoxy groups -OCH3 is 1. The number of benzene rings is 1. The van der Waals surface area contributed by atoms with Crippen molar-refractivity contribution < 1.29 is 26.4 Å². The molecule has 0 aromatic heterocycles. The van der Waals surface area contributed by atoms with Gasteiger partial charge in [0.1, 0.15) is 6.54 Å². The second kappa shape index (κ2) is 6.51. The van der Waals surface area contributed by atoms with Crippen LogP contribution >= 0.6 is 0 Å². The lowest BCUT2D eigenvalue weighted by Crippen LogP contribution is -3.00. The normalized spacial score (nSPS) is 10.4. The fourth-order valence-corrected chi connectivity index (χ4v) is 1.55. The lowest BCUT2D eigenvalue weighted by Gasteiger charge is -2.28. The first-order chi connectivity index (χ1) is 7.03. The van der Waals surface area contributed by atoms with Crippen molar-refractivity contribution in [2.75, 3.05) is 27.7 Å². The third-order valence-electron chi connectivity index (χ3n) is 2.24. The van der Waals surface area contributed by atoms with E-state index in [1.807, 2.05) is 32.3 Å². The van der Waals surface area contributed by atoms with Crippen LogP contribution in [0.4, 0.5) is 0 Å². The molecule has 0 radical (unpaired) electrons. The standard InChI is InChI=1S/C12H18NO2.ClH/c1-13(2,10-12(14)15-3)9-11-7-5-4-6-8-11;/h4-8H,9-10H2,1-3H3;1H/q+1;/p-1. The second-order valence-corrected chi connectivity index (χ2v) is 4.31. The van der Waals surface area contributed by atoms with Crippen LogP contribution in [0, 0.1) is 0 Å². The van der Waals surface area contributed by atoms with Gasteiger partial charge >= 0.3 is 5.97 Å². The Morgan fingerprint density at radius 1 is 1.25 bits per heavy atom. The van der Waals surface area contributed by atoms with Crippen LogP contribution in [0.15, 0.2) is 30.3 Å². The number of nitrogens with zero attached hydrogens (tertiary/aromatic N) is 1. The van der Waals surface area contributed by atoms with Gasteiger partial charge in [0.15, 0.2) is 6.54 Å². The van der Waals surface area contributed by atoms with Crippen molar-refractivity contribution in [2.45, 2.75) is 6.54 Å². The highest BCUT2D eigenvalue weighted by atomic mass is 35.5. The van der Waals surface area contributed by atoms with Gasteiger partial charge in [-0.3, -0.25) is 0 Å². The van der Waals surface area contributed by atoms with Crippen LogP contribution in [0.5, 0.6) is 0 Å². The Morgan fingerprint density at radius 3 is 2.31 bits per heavy atom. The highest BCUT2D eigenvalue weighted by Crippen LogP contribution is 2.08. The lowest BCUT2D eigenvalue weighted by atomic mass is 10.2. The number of likely N-dealkylation sites (N-methyl/N-ethyl adjacent to an activating group) is 1. The van der Waals surface area contributed by atoms with Gasteiger partial charge in [0.05, 0.1) is 21.2 Å². The van der Waals surface area contributed by atoms with E-state index in [4.69, 9.17) is 0 Å². The minimum Gasteiger partial charge on any atom is -1.00 e. The molecule has 1 aromatic rings. The molecule has 0 atom stereocenters. The lowest BCUT2D eigenvalue weighted by molar-refractivity contribution is -0.896. The third-order valence-corrected chi connectivity index (χ3v) is 2.24. The van der Waals surface area contributed by atoms with Gasteiger partial charge < -0.3 is 21.6 Å². The number of carbonyl (C=O) groups is 1. The summed E-state index contributed by atoms with van der Waals surface area (Å²) in [4.78, 5) is 11.2. The number of hydrogen-bond acceptors (Lipinski definition) is 2. The van der Waals surface area contributed by atoms with Crippen LogP contribution in [-0.2, 0) is 16.1 Å². The fourth-order valence-electron chi connectivity index (χ4n) is 1.55. The molecule has 0 aliphatic heterocycles. The average molecular weight is 244 g/mol. The largest absolute Gasteiger partial charge is 1.00 e. The van der Waals surface area contributed by atoms with Crippen LogP contribution in [0.1, 0.15) is 5.56 Å². The van der Waals surface area contributed by atoms with Gasteiger partial charge in [0, 0.05) is 5.56 Å². The number of carbonyl (C=O) groups excluding carboxylic acids is 1. The minimum absolute atomic E-state index is 0. The maximum absolute atomic E-state index is 11.2. The highest BCUT2D eigenvalue weighted by Gasteiger charge is 2.20. The molecule has 0 saturated heterocycles. The molecule has 0 saturated carbocycles. The molecule has 0 aliphatic carbocycles. The summed E-state index contributed by atoms with van der Waals surface area (Å²) in [5.74, 6) is -0.170. The zero-order valence-corrected chi connectivity index (χ0v) is 10.7. The topological polar surface area (TPSA) is 26.3 Å². The predicted molar refractivity (Wildman–Crippen MR) is 59.1 cm³/mol. The summed E-state index contributed by atoms with van der Waals surface area (Å²) in [6, 6.07) is 10.1. The number of ether oxygens (including phenoxy) is 1. The Morgan fingerprint density at radius 2 is 1.81 bits per heavy atom. The van der Waals surface area contributed by atoms with Gasteiger partial charge in [-0.2, -0.15) is 0 Å². The van der Waals surface area contributed by atoms with Gasteiger partial charge in [-0.25, -0.2) is 4.79 Å². The van der Waals surface area contributed by atoms with Gasteiger partial charge in [0.25, 0.3) is 0 Å². The van der Waals surface area contributed by atoms with Gasteiger partial charge in [-0.1, -0.05) is 30.3 Å². The molecule has 0 amide bonds. The smallest absolute Gasteiger partial charge is 0.361 e. The first-order valence-corrected chi connectivity index (χ1v) is 4.96. The molecule has 0 fully saturated rings. The van der Waals surface area contributed by atoms with Gasteiger partial charge in [-0.15, -0.1) is 0 Å². The predicted octanol–water partition coefficient (Wildman–Crippen LogP) is -1.56. The number of rotatable bonds is 4. The summed E-state index contributed by atoms with van der Waals surface area (Å²) in [5, 5.41) is 0. The third kappa shape index (κ3) is 5.14. The summed E-state index contributed by atoms with van der Waals surface area (Å²) in [7, 11) is 5.46. The molecule has 0 N–H and O–H groups in total. The van der Waals surface area contributed by atoms with E-state index in [0.717, 1.165) is 6.54 Å². The van der Waals surface area contributed by atoms with Crippen molar-refractivity contribution in [3.8, 4) is 0 Å². The molecule has 3 nitrogen and oxygen atoms in total. The van der Waals surface area contributed by atoms with Gasteiger partial charge in [0.2, 0.25) is 0 Å². The monoisotopic (exact) mass is 243 g/mol. The van der Waals surface area contributed by atoms with Crippen LogP contribution in [-0.4, -0.2) is 38.2 Å². The Kier molecular flexibility index (Phi) is 6.08. The Balaban J connectivity index is 0.00000225. The van der Waals surface area contributed by atoms with E-state index in [1.165, 1.54) is 12.7 Å². The molecule has 0 heterocycles. The van der Waals surface area contributed by atoms with E-state index < -0.39 is 0 Å². The van der Waals surface area contributed by atoms with Crippen LogP contribution in [0.25, 0.3) is 0 Å². The minimum atomic E-state index is -0.170. The van der Waals surface area contributed by atoms with E-state index in [1.54, 1.807) is 0 Å². The summed E-state index contributed by atoms with van der Waals surface area (Å²) in [6.07, 6.45) is 0. The molecule has 1 rings (SSSR count). The maximum atomic E-state index is 11.2. The van der Waals surface area contributed by atoms with Crippen LogP contribution in [0.3, 0.4) is 0 Å². The van der Waals surface area contributed by atoms with E-state index in [0.29, 0.717) is 11.0 Å². The molecule has 0 aliphatic rings. The van der Waals surface area contributed by atoms with E-state index >= 15 is 0 Å². The zero-order valence-electron chi connectivity index (χ0n) is 9.94. The molecule has 1 aromatic carbocycles. The van der Waals surface area contributed by atoms with Crippen molar-refractivity contribution in [3.05, 3.63) is 35.9 Å². The van der Waals surface area contributed by atoms with Gasteiger partial charge in [-0.05, 0) is 0 Å². The molecular formula is C12H18ClNO2. The van der Waals surface area contributed by atoms with E-state index in [9.17, 15) is 4.79 Å². The summed E-state index contributed by atoms with van der Waals surface area (Å²) >= 11 is 0. The Bertz CT molecular complexity index is 325. The van der Waals surface area contributed by atoms with Crippen molar-refractivity contribution in [1.29, 1.82) is 0 Å². The second-order valence-electron chi connectivity index (χ2n) is 4.31. The van der Waals surface area contributed by atoms with Crippen LogP contribution in [0.2, 0.25) is 0 Å². The average Bonchev–Trinajstić information content (AvgIpc) is 2.17. The first-order valence-electron chi connectivity index (χ1n) is 4.96. The maximum Gasteiger partial charge on any atom is 0.361 e. The number of halogens is 1. The number of hydrogen-bond donors (Lipinski definition) is 0. The molecular weight excluding hydrogens is 226 g/mol. The fraction of sp³-hybridized carbons (Fsp3) is 0.417. The van der Waals surface area contributed by atoms with Crippen molar-refractivity contribution >= 4 is 5.97 Å². The molecule has 4 heteroatoms. The molecule has 0 unspecified atom stereocenters. The number of quaternary nitrogens is 1. The molecule has 90 valence electrons. The zero-order chi connectivity index (χ0) is 11.3. The highest BCUT2D eigenvalue weighted by molar-refractivity contribution is 5.70.